The van der Waals surface area contributed by atoms with E-state index in [0.29, 0.717) is 29.7 Å². The van der Waals surface area contributed by atoms with E-state index in [2.05, 4.69) is 39.5 Å². The predicted molar refractivity (Wildman–Crippen MR) is 59.0 cm³/mol. The maximum atomic E-state index is 11.8. The van der Waals surface area contributed by atoms with Crippen molar-refractivity contribution in [2.24, 2.45) is 17.8 Å². The van der Waals surface area contributed by atoms with Crippen LogP contribution in [0.1, 0.15) is 41.0 Å². The van der Waals surface area contributed by atoms with Gasteiger partial charge in [0, 0.05) is 19.0 Å². The summed E-state index contributed by atoms with van der Waals surface area (Å²) in [5, 5.41) is 0. The highest BCUT2D eigenvalue weighted by Crippen LogP contribution is 2.35. The number of likely N-dealkylation sites (tertiary alicyclic amines) is 1. The minimum atomic E-state index is 0.352. The fourth-order valence-corrected chi connectivity index (χ4v) is 2.71. The SMILES string of the molecule is CCN1C(=O)CC(C(C)C)C1C(C)C. The van der Waals surface area contributed by atoms with Crippen LogP contribution in [0.3, 0.4) is 0 Å². The predicted octanol–water partition coefficient (Wildman–Crippen LogP) is 2.54. The molecule has 0 saturated carbocycles. The minimum Gasteiger partial charge on any atom is -0.339 e. The van der Waals surface area contributed by atoms with E-state index in [1.165, 1.54) is 0 Å². The molecule has 82 valence electrons. The Morgan fingerprint density at radius 1 is 1.29 bits per heavy atom. The van der Waals surface area contributed by atoms with Gasteiger partial charge >= 0.3 is 0 Å². The molecular weight excluding hydrogens is 174 g/mol. The molecule has 1 fully saturated rings. The molecule has 0 aromatic heterocycles. The van der Waals surface area contributed by atoms with Gasteiger partial charge in [-0.05, 0) is 24.7 Å². The summed E-state index contributed by atoms with van der Waals surface area (Å²) in [7, 11) is 0. The Hall–Kier alpha value is -0.530. The molecule has 0 aromatic carbocycles. The van der Waals surface area contributed by atoms with Crippen LogP contribution in [0, 0.1) is 17.8 Å². The van der Waals surface area contributed by atoms with Gasteiger partial charge in [-0.1, -0.05) is 27.7 Å². The van der Waals surface area contributed by atoms with Gasteiger partial charge in [0.1, 0.15) is 0 Å². The number of hydrogen-bond acceptors (Lipinski definition) is 1. The number of amides is 1. The maximum Gasteiger partial charge on any atom is 0.223 e. The lowest BCUT2D eigenvalue weighted by molar-refractivity contribution is -0.129. The van der Waals surface area contributed by atoms with Gasteiger partial charge < -0.3 is 4.90 Å². The molecule has 0 radical (unpaired) electrons. The van der Waals surface area contributed by atoms with Crippen LogP contribution in [-0.4, -0.2) is 23.4 Å². The van der Waals surface area contributed by atoms with Gasteiger partial charge in [-0.15, -0.1) is 0 Å². The minimum absolute atomic E-state index is 0.352. The molecule has 0 bridgehead atoms. The van der Waals surface area contributed by atoms with E-state index in [1.807, 2.05) is 0 Å². The lowest BCUT2D eigenvalue weighted by Crippen LogP contribution is -2.40. The van der Waals surface area contributed by atoms with Crippen LogP contribution in [0.25, 0.3) is 0 Å². The van der Waals surface area contributed by atoms with Gasteiger partial charge in [-0.3, -0.25) is 4.79 Å². The first-order valence-corrected chi connectivity index (χ1v) is 5.78. The van der Waals surface area contributed by atoms with Crippen molar-refractivity contribution in [2.75, 3.05) is 6.54 Å². The first-order valence-electron chi connectivity index (χ1n) is 5.78. The van der Waals surface area contributed by atoms with E-state index >= 15 is 0 Å². The van der Waals surface area contributed by atoms with E-state index in [1.54, 1.807) is 0 Å². The number of carbonyl (C=O) groups excluding carboxylic acids is 1. The van der Waals surface area contributed by atoms with Gasteiger partial charge in [-0.25, -0.2) is 0 Å². The highest BCUT2D eigenvalue weighted by Gasteiger charge is 2.41. The summed E-state index contributed by atoms with van der Waals surface area (Å²) in [4.78, 5) is 13.8. The largest absolute Gasteiger partial charge is 0.339 e. The van der Waals surface area contributed by atoms with Gasteiger partial charge in [0.25, 0.3) is 0 Å². The fourth-order valence-electron chi connectivity index (χ4n) is 2.71. The number of rotatable bonds is 3. The summed E-state index contributed by atoms with van der Waals surface area (Å²) in [6.07, 6.45) is 0.758. The fraction of sp³-hybridized carbons (Fsp3) is 0.917. The van der Waals surface area contributed by atoms with Crippen LogP contribution in [0.15, 0.2) is 0 Å². The van der Waals surface area contributed by atoms with Crippen LogP contribution in [0.4, 0.5) is 0 Å². The molecular formula is C12H23NO. The first-order chi connectivity index (χ1) is 6.49. The van der Waals surface area contributed by atoms with Gasteiger partial charge in [0.05, 0.1) is 0 Å². The van der Waals surface area contributed by atoms with Crippen LogP contribution < -0.4 is 0 Å². The Morgan fingerprint density at radius 3 is 2.21 bits per heavy atom. The molecule has 0 N–H and O–H groups in total. The summed E-state index contributed by atoms with van der Waals surface area (Å²) in [6.45, 7) is 11.8. The Bertz CT molecular complexity index is 210. The molecule has 0 aliphatic carbocycles. The molecule has 0 spiro atoms. The molecule has 1 rings (SSSR count). The Balaban J connectivity index is 2.85. The van der Waals surface area contributed by atoms with E-state index in [-0.39, 0.29) is 0 Å². The molecule has 14 heavy (non-hydrogen) atoms. The average molecular weight is 197 g/mol. The second-order valence-electron chi connectivity index (χ2n) is 5.03. The second kappa shape index (κ2) is 4.33. The number of hydrogen-bond donors (Lipinski definition) is 0. The highest BCUT2D eigenvalue weighted by molar-refractivity contribution is 5.79. The van der Waals surface area contributed by atoms with Gasteiger partial charge in [-0.2, -0.15) is 0 Å². The van der Waals surface area contributed by atoms with E-state index < -0.39 is 0 Å². The van der Waals surface area contributed by atoms with Crippen molar-refractivity contribution >= 4 is 5.91 Å². The molecule has 2 nitrogen and oxygen atoms in total. The van der Waals surface area contributed by atoms with Crippen molar-refractivity contribution < 1.29 is 4.79 Å². The van der Waals surface area contributed by atoms with Gasteiger partial charge in [0.15, 0.2) is 0 Å². The Labute approximate surface area is 87.7 Å². The van der Waals surface area contributed by atoms with Crippen LogP contribution in [-0.2, 0) is 4.79 Å². The van der Waals surface area contributed by atoms with Crippen molar-refractivity contribution in [3.63, 3.8) is 0 Å². The highest BCUT2D eigenvalue weighted by atomic mass is 16.2. The molecule has 1 saturated heterocycles. The Kier molecular flexibility index (Phi) is 3.57. The summed E-state index contributed by atoms with van der Waals surface area (Å²) in [6, 6.07) is 0.465. The monoisotopic (exact) mass is 197 g/mol. The first kappa shape index (κ1) is 11.5. The zero-order valence-corrected chi connectivity index (χ0v) is 10.1. The quantitative estimate of drug-likeness (QED) is 0.681. The normalized spacial score (nSPS) is 28.2. The summed E-state index contributed by atoms with van der Waals surface area (Å²) in [5.41, 5.74) is 0. The van der Waals surface area contributed by atoms with Crippen LogP contribution >= 0.6 is 0 Å². The van der Waals surface area contributed by atoms with E-state index in [9.17, 15) is 4.79 Å². The third-order valence-electron chi connectivity index (χ3n) is 3.41. The molecule has 1 amide bonds. The molecule has 0 aromatic rings. The zero-order valence-electron chi connectivity index (χ0n) is 10.1. The van der Waals surface area contributed by atoms with Crippen molar-refractivity contribution in [1.82, 2.24) is 4.90 Å². The number of nitrogens with zero attached hydrogens (tertiary/aromatic N) is 1. The smallest absolute Gasteiger partial charge is 0.223 e. The molecule has 1 aliphatic heterocycles. The zero-order chi connectivity index (χ0) is 10.9. The summed E-state index contributed by atoms with van der Waals surface area (Å²) < 4.78 is 0. The summed E-state index contributed by atoms with van der Waals surface area (Å²) >= 11 is 0. The van der Waals surface area contributed by atoms with Crippen LogP contribution in [0.2, 0.25) is 0 Å². The molecule has 2 heteroatoms. The molecule has 2 atom stereocenters. The average Bonchev–Trinajstić information content (AvgIpc) is 2.42. The number of carbonyl (C=O) groups is 1. The van der Waals surface area contributed by atoms with Gasteiger partial charge in [0.2, 0.25) is 5.91 Å². The standard InChI is InChI=1S/C12H23NO/c1-6-13-11(14)7-10(8(2)3)12(13)9(4)5/h8-10,12H,6-7H2,1-5H3. The lowest BCUT2D eigenvalue weighted by atomic mass is 9.83. The lowest BCUT2D eigenvalue weighted by Gasteiger charge is -2.32. The Morgan fingerprint density at radius 2 is 1.86 bits per heavy atom. The third kappa shape index (κ3) is 1.94. The molecule has 1 aliphatic rings. The third-order valence-corrected chi connectivity index (χ3v) is 3.41. The second-order valence-corrected chi connectivity index (χ2v) is 5.03. The van der Waals surface area contributed by atoms with E-state index in [4.69, 9.17) is 0 Å². The topological polar surface area (TPSA) is 20.3 Å². The summed E-state index contributed by atoms with van der Waals surface area (Å²) in [5.74, 6) is 2.10. The van der Waals surface area contributed by atoms with Crippen molar-refractivity contribution in [3.8, 4) is 0 Å². The van der Waals surface area contributed by atoms with Crippen LogP contribution in [0.5, 0.6) is 0 Å². The molecule has 2 unspecified atom stereocenters. The van der Waals surface area contributed by atoms with E-state index in [0.717, 1.165) is 13.0 Å². The van der Waals surface area contributed by atoms with Crippen molar-refractivity contribution in [2.45, 2.75) is 47.1 Å². The van der Waals surface area contributed by atoms with Crippen molar-refractivity contribution in [1.29, 1.82) is 0 Å². The molecule has 1 heterocycles. The maximum absolute atomic E-state index is 11.8. The van der Waals surface area contributed by atoms with Crippen molar-refractivity contribution in [3.05, 3.63) is 0 Å².